The van der Waals surface area contributed by atoms with E-state index < -0.39 is 0 Å². The highest BCUT2D eigenvalue weighted by atomic mass is 16.5. The summed E-state index contributed by atoms with van der Waals surface area (Å²) in [6, 6.07) is 10.0. The molecule has 1 aromatic carbocycles. The number of rotatable bonds is 2. The minimum atomic E-state index is 0.121. The Bertz CT molecular complexity index is 299. The number of benzene rings is 1. The van der Waals surface area contributed by atoms with E-state index in [1.165, 1.54) is 0 Å². The van der Waals surface area contributed by atoms with Gasteiger partial charge in [-0.05, 0) is 32.0 Å². The predicted molar refractivity (Wildman–Crippen MR) is 45.8 cm³/mol. The molecule has 0 heterocycles. The molecule has 1 aromatic rings. The molecule has 2 nitrogen and oxygen atoms in total. The van der Waals surface area contributed by atoms with Gasteiger partial charge in [-0.2, -0.15) is 5.26 Å². The summed E-state index contributed by atoms with van der Waals surface area (Å²) in [7, 11) is 0. The summed E-state index contributed by atoms with van der Waals surface area (Å²) in [5.41, 5.74) is 0.601. The lowest BCUT2D eigenvalue weighted by Gasteiger charge is -2.08. The molecule has 0 aliphatic rings. The van der Waals surface area contributed by atoms with Crippen LogP contribution in [-0.2, 0) is 0 Å². The molecule has 0 aliphatic heterocycles. The minimum absolute atomic E-state index is 0.121. The minimum Gasteiger partial charge on any atom is -0.490 e. The number of nitrogens with zero attached hydrogens (tertiary/aromatic N) is 1. The zero-order chi connectivity index (χ0) is 8.97. The van der Waals surface area contributed by atoms with E-state index in [0.717, 1.165) is 0 Å². The summed E-state index contributed by atoms with van der Waals surface area (Å²) in [6.45, 7) is 3.87. The van der Waals surface area contributed by atoms with Crippen molar-refractivity contribution >= 4 is 0 Å². The molecule has 0 aromatic heterocycles. The summed E-state index contributed by atoms with van der Waals surface area (Å²) < 4.78 is 5.35. The van der Waals surface area contributed by atoms with Crippen LogP contribution in [0.25, 0.3) is 0 Å². The van der Waals surface area contributed by atoms with E-state index in [0.29, 0.717) is 11.3 Å². The molecule has 0 saturated carbocycles. The first-order valence-electron chi connectivity index (χ1n) is 3.81. The van der Waals surface area contributed by atoms with Gasteiger partial charge in [0.15, 0.2) is 0 Å². The molecule has 0 N–H and O–H groups in total. The molecular formula is C10H10NO. The smallest absolute Gasteiger partial charge is 0.128 e. The Hall–Kier alpha value is -1.49. The van der Waals surface area contributed by atoms with Gasteiger partial charge < -0.3 is 4.74 Å². The summed E-state index contributed by atoms with van der Waals surface area (Å²) in [5.74, 6) is 0.629. The largest absolute Gasteiger partial charge is 0.490 e. The van der Waals surface area contributed by atoms with Crippen molar-refractivity contribution < 1.29 is 4.74 Å². The summed E-state index contributed by atoms with van der Waals surface area (Å²) >= 11 is 0. The Morgan fingerprint density at radius 1 is 1.58 bits per heavy atom. The second-order valence-electron chi connectivity index (χ2n) is 2.72. The molecule has 0 bridgehead atoms. The molecule has 0 fully saturated rings. The van der Waals surface area contributed by atoms with Crippen molar-refractivity contribution in [2.24, 2.45) is 0 Å². The van der Waals surface area contributed by atoms with E-state index in [4.69, 9.17) is 10.00 Å². The fraction of sp³-hybridized carbons (Fsp3) is 0.300. The van der Waals surface area contributed by atoms with Crippen LogP contribution in [0.1, 0.15) is 19.4 Å². The summed E-state index contributed by atoms with van der Waals surface area (Å²) in [6.07, 6.45) is 0.121. The second kappa shape index (κ2) is 3.77. The lowest BCUT2D eigenvalue weighted by atomic mass is 10.2. The Balaban J connectivity index is 2.81. The molecule has 12 heavy (non-hydrogen) atoms. The standard InChI is InChI=1S/C10H10NO/c1-8(2)12-10-5-3-4-9(6-10)7-11/h3-4,6,8H,1-2H3. The number of ether oxygens (including phenoxy) is 1. The SMILES string of the molecule is CC(C)Oc1[c]ccc(C#N)c1. The molecule has 0 amide bonds. The van der Waals surface area contributed by atoms with E-state index in [-0.39, 0.29) is 6.10 Å². The molecule has 0 atom stereocenters. The van der Waals surface area contributed by atoms with Crippen molar-refractivity contribution in [2.45, 2.75) is 20.0 Å². The number of hydrogen-bond donors (Lipinski definition) is 0. The molecule has 0 spiro atoms. The molecule has 0 saturated heterocycles. The molecule has 1 rings (SSSR count). The topological polar surface area (TPSA) is 33.0 Å². The van der Waals surface area contributed by atoms with Crippen LogP contribution in [0.5, 0.6) is 5.75 Å². The number of hydrogen-bond acceptors (Lipinski definition) is 2. The normalized spacial score (nSPS) is 9.50. The van der Waals surface area contributed by atoms with Gasteiger partial charge in [0.25, 0.3) is 0 Å². The quantitative estimate of drug-likeness (QED) is 0.664. The maximum Gasteiger partial charge on any atom is 0.128 e. The van der Waals surface area contributed by atoms with Crippen LogP contribution in [0.15, 0.2) is 18.2 Å². The first kappa shape index (κ1) is 8.61. The van der Waals surface area contributed by atoms with Crippen molar-refractivity contribution in [1.82, 2.24) is 0 Å². The van der Waals surface area contributed by atoms with E-state index in [9.17, 15) is 0 Å². The van der Waals surface area contributed by atoms with Gasteiger partial charge in [-0.3, -0.25) is 0 Å². The first-order chi connectivity index (χ1) is 5.72. The molecule has 0 unspecified atom stereocenters. The third-order valence-corrected chi connectivity index (χ3v) is 1.27. The first-order valence-corrected chi connectivity index (χ1v) is 3.81. The van der Waals surface area contributed by atoms with Crippen LogP contribution in [-0.4, -0.2) is 6.10 Å². The van der Waals surface area contributed by atoms with Crippen molar-refractivity contribution in [1.29, 1.82) is 5.26 Å². The second-order valence-corrected chi connectivity index (χ2v) is 2.72. The monoisotopic (exact) mass is 160 g/mol. The molecule has 1 radical (unpaired) electrons. The van der Waals surface area contributed by atoms with Gasteiger partial charge in [-0.15, -0.1) is 0 Å². The van der Waals surface area contributed by atoms with Gasteiger partial charge in [0.1, 0.15) is 5.75 Å². The third kappa shape index (κ3) is 2.28. The Labute approximate surface area is 72.4 Å². The van der Waals surface area contributed by atoms with Crippen LogP contribution in [0.3, 0.4) is 0 Å². The van der Waals surface area contributed by atoms with Gasteiger partial charge in [0, 0.05) is 6.07 Å². The van der Waals surface area contributed by atoms with E-state index in [1.54, 1.807) is 18.2 Å². The highest BCUT2D eigenvalue weighted by Crippen LogP contribution is 2.12. The Kier molecular flexibility index (Phi) is 2.71. The third-order valence-electron chi connectivity index (χ3n) is 1.27. The maximum absolute atomic E-state index is 8.58. The van der Waals surface area contributed by atoms with Crippen molar-refractivity contribution in [3.05, 3.63) is 29.8 Å². The van der Waals surface area contributed by atoms with E-state index in [1.807, 2.05) is 19.9 Å². The van der Waals surface area contributed by atoms with Crippen molar-refractivity contribution in [3.8, 4) is 11.8 Å². The van der Waals surface area contributed by atoms with Gasteiger partial charge in [0.05, 0.1) is 17.7 Å². The molecule has 61 valence electrons. The Morgan fingerprint density at radius 3 is 2.92 bits per heavy atom. The van der Waals surface area contributed by atoms with Gasteiger partial charge in [-0.1, -0.05) is 0 Å². The number of nitriles is 1. The van der Waals surface area contributed by atoms with Gasteiger partial charge in [0.2, 0.25) is 0 Å². The average Bonchev–Trinajstić information content (AvgIpc) is 2.03. The van der Waals surface area contributed by atoms with Crippen LogP contribution >= 0.6 is 0 Å². The zero-order valence-corrected chi connectivity index (χ0v) is 7.16. The average molecular weight is 160 g/mol. The van der Waals surface area contributed by atoms with E-state index >= 15 is 0 Å². The van der Waals surface area contributed by atoms with Crippen LogP contribution in [0, 0.1) is 17.4 Å². The Morgan fingerprint density at radius 2 is 2.33 bits per heavy atom. The predicted octanol–water partition coefficient (Wildman–Crippen LogP) is 2.15. The zero-order valence-electron chi connectivity index (χ0n) is 7.16. The summed E-state index contributed by atoms with van der Waals surface area (Å²) in [5, 5.41) is 8.58. The van der Waals surface area contributed by atoms with Gasteiger partial charge in [-0.25, -0.2) is 0 Å². The van der Waals surface area contributed by atoms with Crippen molar-refractivity contribution in [2.75, 3.05) is 0 Å². The lowest BCUT2D eigenvalue weighted by Crippen LogP contribution is -2.05. The van der Waals surface area contributed by atoms with Crippen LogP contribution in [0.2, 0.25) is 0 Å². The maximum atomic E-state index is 8.58. The summed E-state index contributed by atoms with van der Waals surface area (Å²) in [4.78, 5) is 0. The molecular weight excluding hydrogens is 150 g/mol. The molecule has 2 heteroatoms. The van der Waals surface area contributed by atoms with Gasteiger partial charge >= 0.3 is 0 Å². The van der Waals surface area contributed by atoms with Crippen LogP contribution in [0.4, 0.5) is 0 Å². The van der Waals surface area contributed by atoms with Crippen molar-refractivity contribution in [3.63, 3.8) is 0 Å². The van der Waals surface area contributed by atoms with Crippen LogP contribution < -0.4 is 4.74 Å². The fourth-order valence-electron chi connectivity index (χ4n) is 0.836. The molecule has 0 aliphatic carbocycles. The lowest BCUT2D eigenvalue weighted by molar-refractivity contribution is 0.242. The fourth-order valence-corrected chi connectivity index (χ4v) is 0.836. The van der Waals surface area contributed by atoms with E-state index in [2.05, 4.69) is 6.07 Å². The highest BCUT2D eigenvalue weighted by Gasteiger charge is 1.98. The highest BCUT2D eigenvalue weighted by molar-refractivity contribution is 5.35.